The van der Waals surface area contributed by atoms with Crippen LogP contribution in [0, 0.1) is 0 Å². The predicted octanol–water partition coefficient (Wildman–Crippen LogP) is 4.14. The largest absolute Gasteiger partial charge is 0.493 e. The van der Waals surface area contributed by atoms with Gasteiger partial charge >= 0.3 is 0 Å². The molecular formula is C19H23NO2. The van der Waals surface area contributed by atoms with Crippen molar-refractivity contribution >= 4 is 6.21 Å². The van der Waals surface area contributed by atoms with Gasteiger partial charge in [0.25, 0.3) is 0 Å². The third kappa shape index (κ3) is 4.35. The van der Waals surface area contributed by atoms with E-state index in [0.29, 0.717) is 0 Å². The topological polar surface area (TPSA) is 30.8 Å². The summed E-state index contributed by atoms with van der Waals surface area (Å²) in [5.41, 5.74) is 2.34. The summed E-state index contributed by atoms with van der Waals surface area (Å²) >= 11 is 0. The van der Waals surface area contributed by atoms with E-state index in [9.17, 15) is 0 Å². The van der Waals surface area contributed by atoms with Crippen LogP contribution in [-0.2, 0) is 6.42 Å². The van der Waals surface area contributed by atoms with Crippen molar-refractivity contribution in [3.8, 4) is 11.5 Å². The van der Waals surface area contributed by atoms with Gasteiger partial charge in [-0.1, -0.05) is 43.3 Å². The van der Waals surface area contributed by atoms with Crippen LogP contribution < -0.4 is 9.47 Å². The molecule has 0 aliphatic heterocycles. The first-order chi connectivity index (χ1) is 10.8. The second kappa shape index (κ2) is 8.23. The van der Waals surface area contributed by atoms with E-state index in [1.54, 1.807) is 14.2 Å². The van der Waals surface area contributed by atoms with Gasteiger partial charge in [-0.25, -0.2) is 0 Å². The minimum absolute atomic E-state index is 0.262. The Balaban J connectivity index is 2.08. The summed E-state index contributed by atoms with van der Waals surface area (Å²) in [5.74, 6) is 1.52. The van der Waals surface area contributed by atoms with Crippen LogP contribution in [0.15, 0.2) is 53.5 Å². The van der Waals surface area contributed by atoms with Gasteiger partial charge in [0.2, 0.25) is 0 Å². The molecule has 0 aliphatic carbocycles. The highest BCUT2D eigenvalue weighted by Crippen LogP contribution is 2.28. The van der Waals surface area contributed by atoms with Crippen LogP contribution in [-0.4, -0.2) is 26.5 Å². The monoisotopic (exact) mass is 297 g/mol. The maximum absolute atomic E-state index is 5.36. The molecule has 3 nitrogen and oxygen atoms in total. The molecule has 3 heteroatoms. The van der Waals surface area contributed by atoms with Crippen molar-refractivity contribution in [2.45, 2.75) is 25.8 Å². The normalized spacial score (nSPS) is 12.3. The van der Waals surface area contributed by atoms with E-state index in [1.165, 1.54) is 5.56 Å². The van der Waals surface area contributed by atoms with Crippen molar-refractivity contribution < 1.29 is 9.47 Å². The predicted molar refractivity (Wildman–Crippen MR) is 91.4 cm³/mol. The first-order valence-electron chi connectivity index (χ1n) is 7.56. The summed E-state index contributed by atoms with van der Waals surface area (Å²) in [6, 6.07) is 16.5. The molecule has 2 aromatic rings. The van der Waals surface area contributed by atoms with Gasteiger partial charge in [-0.15, -0.1) is 0 Å². The molecule has 116 valence electrons. The minimum Gasteiger partial charge on any atom is -0.493 e. The average molecular weight is 297 g/mol. The number of methoxy groups -OCH3 is 2. The Labute approximate surface area is 132 Å². The van der Waals surface area contributed by atoms with Crippen molar-refractivity contribution in [3.05, 3.63) is 59.7 Å². The molecule has 0 unspecified atom stereocenters. The molecule has 0 aromatic heterocycles. The van der Waals surface area contributed by atoms with Crippen LogP contribution in [0.3, 0.4) is 0 Å². The van der Waals surface area contributed by atoms with Crippen LogP contribution >= 0.6 is 0 Å². The van der Waals surface area contributed by atoms with E-state index in [0.717, 1.165) is 29.9 Å². The molecular weight excluding hydrogens is 274 g/mol. The van der Waals surface area contributed by atoms with Gasteiger partial charge in [0, 0.05) is 6.21 Å². The standard InChI is InChI=1S/C19H23NO2/c1-4-17(20-14-15-8-6-5-7-9-15)12-16-10-11-18(21-2)19(13-16)22-3/h5-11,13-14,17H,4,12H2,1-3H3/t17-/m1/s1. The SMILES string of the molecule is CC[C@H](Cc1ccc(OC)c(OC)c1)N=Cc1ccccc1. The van der Waals surface area contributed by atoms with Gasteiger partial charge in [-0.2, -0.15) is 0 Å². The number of hydrogen-bond acceptors (Lipinski definition) is 3. The molecule has 0 saturated heterocycles. The lowest BCUT2D eigenvalue weighted by Crippen LogP contribution is -2.08. The Morgan fingerprint density at radius 1 is 1.00 bits per heavy atom. The molecule has 0 heterocycles. The van der Waals surface area contributed by atoms with Crippen molar-refractivity contribution in [2.75, 3.05) is 14.2 Å². The summed E-state index contributed by atoms with van der Waals surface area (Å²) in [5, 5.41) is 0. The Morgan fingerprint density at radius 3 is 2.36 bits per heavy atom. The van der Waals surface area contributed by atoms with Gasteiger partial charge in [-0.3, -0.25) is 4.99 Å². The van der Waals surface area contributed by atoms with Gasteiger partial charge in [-0.05, 0) is 36.1 Å². The summed E-state index contributed by atoms with van der Waals surface area (Å²) in [4.78, 5) is 4.71. The Kier molecular flexibility index (Phi) is 6.01. The summed E-state index contributed by atoms with van der Waals surface area (Å²) in [7, 11) is 3.31. The number of aliphatic imine (C=N–C) groups is 1. The van der Waals surface area contributed by atoms with Crippen molar-refractivity contribution in [1.82, 2.24) is 0 Å². The zero-order valence-corrected chi connectivity index (χ0v) is 13.5. The number of hydrogen-bond donors (Lipinski definition) is 0. The number of ether oxygens (including phenoxy) is 2. The highest BCUT2D eigenvalue weighted by Gasteiger charge is 2.09. The third-order valence-corrected chi connectivity index (χ3v) is 3.62. The second-order valence-corrected chi connectivity index (χ2v) is 5.14. The van der Waals surface area contributed by atoms with Crippen LogP contribution in [0.4, 0.5) is 0 Å². The molecule has 0 amide bonds. The minimum atomic E-state index is 0.262. The number of rotatable bonds is 7. The van der Waals surface area contributed by atoms with Gasteiger partial charge in [0.1, 0.15) is 0 Å². The lowest BCUT2D eigenvalue weighted by molar-refractivity contribution is 0.354. The molecule has 2 aromatic carbocycles. The Morgan fingerprint density at radius 2 is 1.73 bits per heavy atom. The molecule has 1 atom stereocenters. The molecule has 0 spiro atoms. The van der Waals surface area contributed by atoms with Crippen LogP contribution in [0.1, 0.15) is 24.5 Å². The van der Waals surface area contributed by atoms with E-state index in [4.69, 9.17) is 14.5 Å². The van der Waals surface area contributed by atoms with Crippen LogP contribution in [0.25, 0.3) is 0 Å². The zero-order valence-electron chi connectivity index (χ0n) is 13.5. The van der Waals surface area contributed by atoms with Crippen LogP contribution in [0.5, 0.6) is 11.5 Å². The van der Waals surface area contributed by atoms with Gasteiger partial charge < -0.3 is 9.47 Å². The van der Waals surface area contributed by atoms with Crippen molar-refractivity contribution in [3.63, 3.8) is 0 Å². The zero-order chi connectivity index (χ0) is 15.8. The third-order valence-electron chi connectivity index (χ3n) is 3.62. The summed E-state index contributed by atoms with van der Waals surface area (Å²) in [6.45, 7) is 2.16. The molecule has 0 aliphatic rings. The van der Waals surface area contributed by atoms with Crippen molar-refractivity contribution in [1.29, 1.82) is 0 Å². The molecule has 0 bridgehead atoms. The van der Waals surface area contributed by atoms with E-state index < -0.39 is 0 Å². The maximum Gasteiger partial charge on any atom is 0.160 e. The Bertz CT molecular complexity index is 608. The van der Waals surface area contributed by atoms with Crippen molar-refractivity contribution in [2.24, 2.45) is 4.99 Å². The van der Waals surface area contributed by atoms with E-state index in [2.05, 4.69) is 25.1 Å². The fourth-order valence-corrected chi connectivity index (χ4v) is 2.31. The summed E-state index contributed by atoms with van der Waals surface area (Å²) < 4.78 is 10.6. The number of nitrogens with zero attached hydrogens (tertiary/aromatic N) is 1. The summed E-state index contributed by atoms with van der Waals surface area (Å²) in [6.07, 6.45) is 3.84. The second-order valence-electron chi connectivity index (χ2n) is 5.14. The molecule has 2 rings (SSSR count). The quantitative estimate of drug-likeness (QED) is 0.719. The lowest BCUT2D eigenvalue weighted by Gasteiger charge is -2.13. The molecule has 0 N–H and O–H groups in total. The molecule has 0 saturated carbocycles. The smallest absolute Gasteiger partial charge is 0.160 e. The Hall–Kier alpha value is -2.29. The highest BCUT2D eigenvalue weighted by atomic mass is 16.5. The molecule has 0 radical (unpaired) electrons. The van der Waals surface area contributed by atoms with Crippen LogP contribution in [0.2, 0.25) is 0 Å². The first-order valence-corrected chi connectivity index (χ1v) is 7.56. The van der Waals surface area contributed by atoms with E-state index in [1.807, 2.05) is 36.5 Å². The molecule has 0 fully saturated rings. The van der Waals surface area contributed by atoms with Gasteiger partial charge in [0.05, 0.1) is 20.3 Å². The average Bonchev–Trinajstić information content (AvgIpc) is 2.59. The fraction of sp³-hybridized carbons (Fsp3) is 0.316. The fourth-order valence-electron chi connectivity index (χ4n) is 2.31. The van der Waals surface area contributed by atoms with Gasteiger partial charge in [0.15, 0.2) is 11.5 Å². The van der Waals surface area contributed by atoms with E-state index >= 15 is 0 Å². The highest BCUT2D eigenvalue weighted by molar-refractivity contribution is 5.79. The first kappa shape index (κ1) is 16.1. The molecule has 22 heavy (non-hydrogen) atoms. The maximum atomic E-state index is 5.36. The van der Waals surface area contributed by atoms with E-state index in [-0.39, 0.29) is 6.04 Å². The lowest BCUT2D eigenvalue weighted by atomic mass is 10.0. The number of benzene rings is 2.